The molecule has 31 heavy (non-hydrogen) atoms. The number of hydrogen-bond acceptors (Lipinski definition) is 4. The van der Waals surface area contributed by atoms with Crippen molar-refractivity contribution in [1.29, 1.82) is 0 Å². The van der Waals surface area contributed by atoms with Gasteiger partial charge in [-0.2, -0.15) is 18.3 Å². The van der Waals surface area contributed by atoms with Crippen molar-refractivity contribution in [2.45, 2.75) is 52.4 Å². The van der Waals surface area contributed by atoms with Gasteiger partial charge in [-0.25, -0.2) is 0 Å². The fourth-order valence-corrected chi connectivity index (χ4v) is 3.05. The summed E-state index contributed by atoms with van der Waals surface area (Å²) < 4.78 is 38.8. The van der Waals surface area contributed by atoms with Gasteiger partial charge in [0.25, 0.3) is 5.91 Å². The maximum absolute atomic E-state index is 13.0. The highest BCUT2D eigenvalue weighted by atomic mass is 19.4. The molecule has 0 aliphatic carbocycles. The number of aryl methyl sites for hydroxylation is 1. The summed E-state index contributed by atoms with van der Waals surface area (Å²) in [6.45, 7) is 4.80. The van der Waals surface area contributed by atoms with Gasteiger partial charge in [-0.15, -0.1) is 0 Å². The lowest BCUT2D eigenvalue weighted by Gasteiger charge is -2.30. The number of carbonyl (C=O) groups excluding carboxylic acids is 3. The standard InChI is InChI=1S/C20H26F3N5O3/c1-19(2,3)16(18(31)25-11-14(24)29)26-17(30)15-12-7-4-5-8-13(12)28(27-15)10-6-9-20(21,22)23/h4-5,7-8,16H,6,9-11H2,1-3H3,(H2,24,29)(H,25,31)(H,26,30). The van der Waals surface area contributed by atoms with Crippen LogP contribution in [-0.2, 0) is 16.1 Å². The second kappa shape index (κ2) is 9.36. The van der Waals surface area contributed by atoms with Crippen molar-refractivity contribution in [3.8, 4) is 0 Å². The monoisotopic (exact) mass is 441 g/mol. The maximum Gasteiger partial charge on any atom is 0.389 e. The van der Waals surface area contributed by atoms with Crippen molar-refractivity contribution in [3.63, 3.8) is 0 Å². The zero-order valence-electron chi connectivity index (χ0n) is 17.5. The predicted octanol–water partition coefficient (Wildman–Crippen LogP) is 2.12. The van der Waals surface area contributed by atoms with Crippen LogP contribution in [0.15, 0.2) is 24.3 Å². The molecule has 0 spiro atoms. The zero-order chi connectivity index (χ0) is 23.4. The van der Waals surface area contributed by atoms with Gasteiger partial charge >= 0.3 is 6.18 Å². The lowest BCUT2D eigenvalue weighted by Crippen LogP contribution is -2.54. The first-order valence-corrected chi connectivity index (χ1v) is 9.69. The Morgan fingerprint density at radius 1 is 1.16 bits per heavy atom. The fraction of sp³-hybridized carbons (Fsp3) is 0.500. The summed E-state index contributed by atoms with van der Waals surface area (Å²) >= 11 is 0. The van der Waals surface area contributed by atoms with Crippen LogP contribution in [0.5, 0.6) is 0 Å². The van der Waals surface area contributed by atoms with Crippen LogP contribution in [0, 0.1) is 5.41 Å². The Bertz CT molecular complexity index is 963. The molecule has 0 saturated carbocycles. The molecule has 3 amide bonds. The second-order valence-electron chi connectivity index (χ2n) is 8.26. The summed E-state index contributed by atoms with van der Waals surface area (Å²) in [5.41, 5.74) is 4.86. The highest BCUT2D eigenvalue weighted by Crippen LogP contribution is 2.25. The van der Waals surface area contributed by atoms with Gasteiger partial charge in [0.2, 0.25) is 11.8 Å². The van der Waals surface area contributed by atoms with Gasteiger partial charge in [-0.1, -0.05) is 39.0 Å². The van der Waals surface area contributed by atoms with Crippen LogP contribution in [0.1, 0.15) is 44.1 Å². The molecule has 0 aliphatic rings. The Labute approximate surface area is 177 Å². The average Bonchev–Trinajstić information content (AvgIpc) is 3.01. The first-order valence-electron chi connectivity index (χ1n) is 9.69. The molecule has 170 valence electrons. The van der Waals surface area contributed by atoms with E-state index in [9.17, 15) is 27.6 Å². The van der Waals surface area contributed by atoms with Gasteiger partial charge in [-0.3, -0.25) is 19.1 Å². The first kappa shape index (κ1) is 24.2. The van der Waals surface area contributed by atoms with Crippen LogP contribution in [0.2, 0.25) is 0 Å². The smallest absolute Gasteiger partial charge is 0.368 e. The van der Waals surface area contributed by atoms with E-state index in [1.165, 1.54) is 4.68 Å². The third kappa shape index (κ3) is 6.69. The summed E-state index contributed by atoms with van der Waals surface area (Å²) in [4.78, 5) is 36.4. The van der Waals surface area contributed by atoms with E-state index in [2.05, 4.69) is 15.7 Å². The van der Waals surface area contributed by atoms with Crippen LogP contribution < -0.4 is 16.4 Å². The molecular formula is C20H26F3N5O3. The molecule has 11 heteroatoms. The molecule has 0 aliphatic heterocycles. The van der Waals surface area contributed by atoms with E-state index < -0.39 is 41.8 Å². The number of hydrogen-bond donors (Lipinski definition) is 3. The van der Waals surface area contributed by atoms with Gasteiger partial charge in [0.1, 0.15) is 6.04 Å². The van der Waals surface area contributed by atoms with Crippen molar-refractivity contribution in [3.05, 3.63) is 30.0 Å². The number of nitrogens with two attached hydrogens (primary N) is 1. The van der Waals surface area contributed by atoms with E-state index in [1.807, 2.05) is 0 Å². The van der Waals surface area contributed by atoms with Crippen molar-refractivity contribution in [2.75, 3.05) is 6.54 Å². The van der Waals surface area contributed by atoms with Crippen molar-refractivity contribution >= 4 is 28.6 Å². The molecule has 1 atom stereocenters. The van der Waals surface area contributed by atoms with Gasteiger partial charge in [0, 0.05) is 18.4 Å². The SMILES string of the molecule is CC(C)(C)C(NC(=O)c1nn(CCCC(F)(F)F)c2ccccc12)C(=O)NCC(N)=O. The summed E-state index contributed by atoms with van der Waals surface area (Å²) in [5.74, 6) is -1.97. The molecule has 2 aromatic rings. The number of rotatable bonds is 8. The van der Waals surface area contributed by atoms with E-state index in [1.54, 1.807) is 45.0 Å². The van der Waals surface area contributed by atoms with Crippen molar-refractivity contribution in [1.82, 2.24) is 20.4 Å². The first-order chi connectivity index (χ1) is 14.3. The third-order valence-electron chi connectivity index (χ3n) is 4.54. The molecule has 2 rings (SSSR count). The highest BCUT2D eigenvalue weighted by molar-refractivity contribution is 6.06. The Kier molecular flexibility index (Phi) is 7.29. The van der Waals surface area contributed by atoms with Crippen LogP contribution in [0.3, 0.4) is 0 Å². The van der Waals surface area contributed by atoms with E-state index >= 15 is 0 Å². The minimum Gasteiger partial charge on any atom is -0.368 e. The zero-order valence-corrected chi connectivity index (χ0v) is 17.5. The summed E-state index contributed by atoms with van der Waals surface area (Å²) in [6.07, 6.45) is -5.42. The van der Waals surface area contributed by atoms with Crippen molar-refractivity contribution in [2.24, 2.45) is 11.1 Å². The van der Waals surface area contributed by atoms with Crippen LogP contribution in [-0.4, -0.2) is 46.3 Å². The summed E-state index contributed by atoms with van der Waals surface area (Å²) in [5, 5.41) is 9.66. The average molecular weight is 441 g/mol. The number of nitrogens with one attached hydrogen (secondary N) is 2. The Hall–Kier alpha value is -3.11. The second-order valence-corrected chi connectivity index (χ2v) is 8.26. The molecule has 0 saturated heterocycles. The number of para-hydroxylation sites is 1. The van der Waals surface area contributed by atoms with Gasteiger partial charge in [0.05, 0.1) is 12.1 Å². The molecular weight excluding hydrogens is 415 g/mol. The molecule has 0 fully saturated rings. The Morgan fingerprint density at radius 2 is 1.81 bits per heavy atom. The molecule has 8 nitrogen and oxygen atoms in total. The largest absolute Gasteiger partial charge is 0.389 e. The van der Waals surface area contributed by atoms with Crippen LogP contribution in [0.4, 0.5) is 13.2 Å². The van der Waals surface area contributed by atoms with E-state index in [-0.39, 0.29) is 25.2 Å². The van der Waals surface area contributed by atoms with Crippen LogP contribution >= 0.6 is 0 Å². The molecule has 4 N–H and O–H groups in total. The maximum atomic E-state index is 13.0. The lowest BCUT2D eigenvalue weighted by atomic mass is 9.86. The Morgan fingerprint density at radius 3 is 2.39 bits per heavy atom. The number of halogens is 3. The molecule has 1 heterocycles. The lowest BCUT2D eigenvalue weighted by molar-refractivity contribution is -0.136. The number of aromatic nitrogens is 2. The molecule has 1 aromatic heterocycles. The number of nitrogens with zero attached hydrogens (tertiary/aromatic N) is 2. The molecule has 1 aromatic carbocycles. The van der Waals surface area contributed by atoms with E-state index in [0.29, 0.717) is 10.9 Å². The normalized spacial score (nSPS) is 13.1. The number of carbonyl (C=O) groups is 3. The van der Waals surface area contributed by atoms with Gasteiger partial charge in [0.15, 0.2) is 5.69 Å². The molecule has 1 unspecified atom stereocenters. The van der Waals surface area contributed by atoms with E-state index in [4.69, 9.17) is 5.73 Å². The topological polar surface area (TPSA) is 119 Å². The molecule has 0 radical (unpaired) electrons. The van der Waals surface area contributed by atoms with Gasteiger partial charge in [-0.05, 0) is 17.9 Å². The number of alkyl halides is 3. The summed E-state index contributed by atoms with van der Waals surface area (Å²) in [6, 6.07) is 5.67. The highest BCUT2D eigenvalue weighted by Gasteiger charge is 2.34. The van der Waals surface area contributed by atoms with Gasteiger partial charge < -0.3 is 16.4 Å². The quantitative estimate of drug-likeness (QED) is 0.581. The van der Waals surface area contributed by atoms with Crippen LogP contribution in [0.25, 0.3) is 10.9 Å². The fourth-order valence-electron chi connectivity index (χ4n) is 3.05. The third-order valence-corrected chi connectivity index (χ3v) is 4.54. The van der Waals surface area contributed by atoms with Crippen molar-refractivity contribution < 1.29 is 27.6 Å². The minimum atomic E-state index is -4.28. The van der Waals surface area contributed by atoms with E-state index in [0.717, 1.165) is 0 Å². The minimum absolute atomic E-state index is 0.000407. The number of fused-ring (bicyclic) bond motifs is 1. The summed E-state index contributed by atoms with van der Waals surface area (Å²) in [7, 11) is 0. The predicted molar refractivity (Wildman–Crippen MR) is 108 cm³/mol. The molecule has 0 bridgehead atoms. The number of primary amides is 1. The number of benzene rings is 1. The Balaban J connectivity index is 2.27. The number of amides is 3.